The number of quaternary nitrogens is 1. The van der Waals surface area contributed by atoms with Gasteiger partial charge in [-0.15, -0.1) is 0 Å². The van der Waals surface area contributed by atoms with Crippen LogP contribution < -0.4 is 11.1 Å². The lowest BCUT2D eigenvalue weighted by atomic mass is 10.0. The first-order chi connectivity index (χ1) is 9.42. The molecule has 0 aliphatic heterocycles. The molecular weight excluding hydrogens is 254 g/mol. The lowest BCUT2D eigenvalue weighted by Gasteiger charge is -2.12. The maximum atomic E-state index is 11.3. The Bertz CT molecular complexity index is 360. The van der Waals surface area contributed by atoms with Crippen molar-refractivity contribution in [2.24, 2.45) is 5.92 Å². The summed E-state index contributed by atoms with van der Waals surface area (Å²) in [5, 5.41) is 14.6. The first-order valence-corrected chi connectivity index (χ1v) is 7.50. The third kappa shape index (κ3) is 7.94. The average molecular weight is 284 g/mol. The number of nitrogens with one attached hydrogen (secondary N) is 1. The monoisotopic (exact) mass is 284 g/mol. The first-order valence-electron chi connectivity index (χ1n) is 7.50. The Kier molecular flexibility index (Phi) is 9.72. The topological polar surface area (TPSA) is 82.8 Å². The van der Waals surface area contributed by atoms with E-state index in [2.05, 4.69) is 24.9 Å². The van der Waals surface area contributed by atoms with Gasteiger partial charge in [0.05, 0.1) is 17.2 Å². The second-order valence-electron chi connectivity index (χ2n) is 5.53. The van der Waals surface area contributed by atoms with Crippen LogP contribution in [0.3, 0.4) is 0 Å². The zero-order chi connectivity index (χ0) is 15.5. The molecule has 20 heavy (non-hydrogen) atoms. The fourth-order valence-corrected chi connectivity index (χ4v) is 1.69. The Morgan fingerprint density at radius 1 is 1.45 bits per heavy atom. The molecule has 0 radical (unpaired) electrons. The zero-order valence-corrected chi connectivity index (χ0v) is 13.4. The van der Waals surface area contributed by atoms with Crippen molar-refractivity contribution in [2.75, 3.05) is 13.1 Å². The predicted molar refractivity (Wildman–Crippen MR) is 82.5 cm³/mol. The normalized spacial score (nSPS) is 13.4. The molecule has 0 amide bonds. The molecule has 5 heteroatoms. The van der Waals surface area contributed by atoms with E-state index in [0.717, 1.165) is 50.0 Å². The highest BCUT2D eigenvalue weighted by molar-refractivity contribution is 5.22. The summed E-state index contributed by atoms with van der Waals surface area (Å²) in [7, 11) is 0. The van der Waals surface area contributed by atoms with Crippen LogP contribution in [0, 0.1) is 16.0 Å². The number of nitrogens with zero attached hydrogens (tertiary/aromatic N) is 1. The van der Waals surface area contributed by atoms with Crippen LogP contribution in [0.25, 0.3) is 0 Å². The largest absolute Gasteiger partial charge is 0.383 e. The Balaban J connectivity index is 5.20. The van der Waals surface area contributed by atoms with E-state index in [0.29, 0.717) is 5.92 Å². The lowest BCUT2D eigenvalue weighted by molar-refractivity contribution is -0.420. The minimum Gasteiger partial charge on any atom is -0.383 e. The minimum atomic E-state index is -0.272. The molecule has 0 aliphatic carbocycles. The van der Waals surface area contributed by atoms with Crippen LogP contribution in [0.15, 0.2) is 23.0 Å². The number of nitro groups is 1. The Hall–Kier alpha value is -1.36. The highest BCUT2D eigenvalue weighted by Crippen LogP contribution is 2.17. The van der Waals surface area contributed by atoms with E-state index in [9.17, 15) is 10.1 Å². The maximum absolute atomic E-state index is 11.3. The predicted octanol–water partition coefficient (Wildman–Crippen LogP) is 2.49. The molecule has 0 unspecified atom stereocenters. The van der Waals surface area contributed by atoms with Gasteiger partial charge in [0.15, 0.2) is 0 Å². The second-order valence-corrected chi connectivity index (χ2v) is 5.53. The summed E-state index contributed by atoms with van der Waals surface area (Å²) in [6.07, 6.45) is 5.12. The lowest BCUT2D eigenvalue weighted by Crippen LogP contribution is -2.51. The van der Waals surface area contributed by atoms with E-state index in [1.807, 2.05) is 13.8 Å². The van der Waals surface area contributed by atoms with Crippen LogP contribution in [-0.2, 0) is 0 Å². The Morgan fingerprint density at radius 2 is 2.10 bits per heavy atom. The van der Waals surface area contributed by atoms with E-state index in [1.54, 1.807) is 6.08 Å². The standard InChI is InChI=1S/C15H29N3O2/c1-5-13(4)11-15(18(19)20)14(8-7-12(2)3)17-10-6-9-16/h11-12,17H,5-10,16H2,1-4H3/p+1/b13-11+,15-14-. The van der Waals surface area contributed by atoms with Gasteiger partial charge >= 0.3 is 0 Å². The van der Waals surface area contributed by atoms with Crippen molar-refractivity contribution < 1.29 is 10.7 Å². The molecular formula is C15H30N3O2+. The van der Waals surface area contributed by atoms with Crippen LogP contribution in [0.2, 0.25) is 0 Å². The summed E-state index contributed by atoms with van der Waals surface area (Å²) in [4.78, 5) is 11.0. The Morgan fingerprint density at radius 3 is 2.55 bits per heavy atom. The molecule has 116 valence electrons. The van der Waals surface area contributed by atoms with Gasteiger partial charge in [-0.25, -0.2) is 0 Å². The molecule has 0 spiro atoms. The van der Waals surface area contributed by atoms with Gasteiger partial charge in [0.25, 0.3) is 5.70 Å². The molecule has 0 aromatic rings. The third-order valence-corrected chi connectivity index (χ3v) is 3.18. The summed E-state index contributed by atoms with van der Waals surface area (Å²) in [6.45, 7) is 9.78. The van der Waals surface area contributed by atoms with Crippen molar-refractivity contribution in [2.45, 2.75) is 53.4 Å². The van der Waals surface area contributed by atoms with E-state index in [4.69, 9.17) is 0 Å². The number of hydrogen-bond acceptors (Lipinski definition) is 3. The van der Waals surface area contributed by atoms with Gasteiger partial charge in [0, 0.05) is 19.0 Å². The quantitative estimate of drug-likeness (QED) is 0.280. The SMILES string of the molecule is CC/C(C)=C/C(=C(\CCC(C)C)NCCC[NH3+])[N+](=O)[O-]. The average Bonchev–Trinajstić information content (AvgIpc) is 2.39. The van der Waals surface area contributed by atoms with E-state index >= 15 is 0 Å². The van der Waals surface area contributed by atoms with Gasteiger partial charge < -0.3 is 11.1 Å². The molecule has 0 aromatic heterocycles. The molecule has 0 aliphatic rings. The zero-order valence-electron chi connectivity index (χ0n) is 13.4. The van der Waals surface area contributed by atoms with E-state index in [-0.39, 0.29) is 10.6 Å². The molecule has 0 saturated carbocycles. The van der Waals surface area contributed by atoms with Gasteiger partial charge in [-0.2, -0.15) is 0 Å². The number of rotatable bonds is 10. The highest BCUT2D eigenvalue weighted by atomic mass is 16.6. The fourth-order valence-electron chi connectivity index (χ4n) is 1.69. The molecule has 0 heterocycles. The summed E-state index contributed by atoms with van der Waals surface area (Å²) < 4.78 is 0. The summed E-state index contributed by atoms with van der Waals surface area (Å²) in [6, 6.07) is 0. The van der Waals surface area contributed by atoms with Gasteiger partial charge in [-0.05, 0) is 32.1 Å². The van der Waals surface area contributed by atoms with Gasteiger partial charge in [-0.3, -0.25) is 10.1 Å². The van der Waals surface area contributed by atoms with Crippen molar-refractivity contribution in [3.05, 3.63) is 33.2 Å². The van der Waals surface area contributed by atoms with Crippen molar-refractivity contribution in [3.8, 4) is 0 Å². The van der Waals surface area contributed by atoms with E-state index < -0.39 is 0 Å². The van der Waals surface area contributed by atoms with Crippen molar-refractivity contribution in [3.63, 3.8) is 0 Å². The third-order valence-electron chi connectivity index (χ3n) is 3.18. The molecule has 0 saturated heterocycles. The smallest absolute Gasteiger partial charge is 0.288 e. The van der Waals surface area contributed by atoms with Crippen molar-refractivity contribution in [1.29, 1.82) is 0 Å². The summed E-state index contributed by atoms with van der Waals surface area (Å²) in [5.74, 6) is 0.531. The second kappa shape index (κ2) is 10.4. The highest BCUT2D eigenvalue weighted by Gasteiger charge is 2.16. The van der Waals surface area contributed by atoms with Crippen molar-refractivity contribution >= 4 is 0 Å². The van der Waals surface area contributed by atoms with Gasteiger partial charge in [-0.1, -0.05) is 26.3 Å². The summed E-state index contributed by atoms with van der Waals surface area (Å²) in [5.41, 5.74) is 5.79. The molecule has 0 fully saturated rings. The molecule has 0 aromatic carbocycles. The van der Waals surface area contributed by atoms with Gasteiger partial charge in [0.2, 0.25) is 0 Å². The molecule has 5 nitrogen and oxygen atoms in total. The number of hydrogen-bond donors (Lipinski definition) is 2. The first kappa shape index (κ1) is 18.6. The van der Waals surface area contributed by atoms with Crippen LogP contribution in [0.5, 0.6) is 0 Å². The minimum absolute atomic E-state index is 0.217. The Labute approximate surface area is 122 Å². The molecule has 0 bridgehead atoms. The van der Waals surface area contributed by atoms with Crippen LogP contribution >= 0.6 is 0 Å². The van der Waals surface area contributed by atoms with Crippen LogP contribution in [-0.4, -0.2) is 18.0 Å². The molecule has 0 rings (SSSR count). The van der Waals surface area contributed by atoms with Crippen LogP contribution in [0.4, 0.5) is 0 Å². The van der Waals surface area contributed by atoms with Crippen LogP contribution in [0.1, 0.15) is 53.4 Å². The maximum Gasteiger partial charge on any atom is 0.288 e. The van der Waals surface area contributed by atoms with Gasteiger partial charge in [0.1, 0.15) is 0 Å². The molecule has 0 atom stereocenters. The summed E-state index contributed by atoms with van der Waals surface area (Å²) >= 11 is 0. The van der Waals surface area contributed by atoms with Crippen molar-refractivity contribution in [1.82, 2.24) is 5.32 Å². The fraction of sp³-hybridized carbons (Fsp3) is 0.733. The van der Waals surface area contributed by atoms with E-state index in [1.165, 1.54) is 0 Å². The molecule has 4 N–H and O–H groups in total. The number of allylic oxidation sites excluding steroid dienone is 3.